The fraction of sp³-hybridized carbons (Fsp3) is 0.316. The zero-order valence-electron chi connectivity index (χ0n) is 17.2. The van der Waals surface area contributed by atoms with E-state index in [1.165, 1.54) is 23.3 Å². The number of β-lactam (4-membered cyclic amide) rings is 1. The Hall–Kier alpha value is -2.76. The Morgan fingerprint density at radius 3 is 2.61 bits per heavy atom. The lowest BCUT2D eigenvalue weighted by Gasteiger charge is -2.44. The van der Waals surface area contributed by atoms with E-state index in [4.69, 9.17) is 23.8 Å². The molecule has 2 N–H and O–H groups in total. The lowest BCUT2D eigenvalue weighted by atomic mass is 9.95. The van der Waals surface area contributed by atoms with Crippen molar-refractivity contribution in [2.75, 3.05) is 29.3 Å². The van der Waals surface area contributed by atoms with Gasteiger partial charge in [0.05, 0.1) is 10.6 Å². The minimum atomic E-state index is -0.715. The summed E-state index contributed by atoms with van der Waals surface area (Å²) in [5.41, 5.74) is 2.59. The van der Waals surface area contributed by atoms with Crippen molar-refractivity contribution in [3.05, 3.63) is 40.3 Å². The van der Waals surface area contributed by atoms with Crippen LogP contribution in [0.25, 0.3) is 10.7 Å². The summed E-state index contributed by atoms with van der Waals surface area (Å²) in [6, 6.07) is 7.44. The van der Waals surface area contributed by atoms with Gasteiger partial charge in [-0.05, 0) is 36.8 Å². The zero-order valence-corrected chi connectivity index (χ0v) is 19.6. The van der Waals surface area contributed by atoms with Crippen molar-refractivity contribution in [3.63, 3.8) is 0 Å². The van der Waals surface area contributed by atoms with Crippen LogP contribution < -0.4 is 15.2 Å². The minimum Gasteiger partial charge on any atom is -0.378 e. The van der Waals surface area contributed by atoms with Crippen molar-refractivity contribution in [1.82, 2.24) is 19.9 Å². The highest BCUT2D eigenvalue weighted by molar-refractivity contribution is 7.71. The molecule has 12 heteroatoms. The molecular weight excluding hydrogens is 458 g/mol. The summed E-state index contributed by atoms with van der Waals surface area (Å²) in [4.78, 5) is 31.2. The molecule has 162 valence electrons. The predicted octanol–water partition coefficient (Wildman–Crippen LogP) is 3.22. The third kappa shape index (κ3) is 3.73. The number of hydrogen-bond donors (Lipinski definition) is 2. The van der Waals surface area contributed by atoms with E-state index in [1.54, 1.807) is 11.6 Å². The third-order valence-electron chi connectivity index (χ3n) is 4.90. The first-order chi connectivity index (χ1) is 14.7. The number of carbonyl (C=O) groups is 2. The summed E-state index contributed by atoms with van der Waals surface area (Å²) in [7, 11) is 3.92. The highest BCUT2D eigenvalue weighted by Gasteiger charge is 2.50. The van der Waals surface area contributed by atoms with Crippen LogP contribution in [0.3, 0.4) is 0 Å². The number of halogens is 1. The molecule has 0 bridgehead atoms. The van der Waals surface area contributed by atoms with Crippen molar-refractivity contribution in [1.29, 1.82) is 0 Å². The average Bonchev–Trinajstić information content (AvgIpc) is 3.26. The maximum Gasteiger partial charge on any atom is 0.262 e. The van der Waals surface area contributed by atoms with Crippen molar-refractivity contribution in [2.45, 2.75) is 25.3 Å². The molecule has 2 aromatic heterocycles. The molecule has 9 nitrogen and oxygen atoms in total. The Kier molecular flexibility index (Phi) is 5.58. The first kappa shape index (κ1) is 21.5. The summed E-state index contributed by atoms with van der Waals surface area (Å²) < 4.78 is 1.81. The summed E-state index contributed by atoms with van der Waals surface area (Å²) in [6.45, 7) is 3.22. The van der Waals surface area contributed by atoms with Gasteiger partial charge in [-0.25, -0.2) is 19.8 Å². The van der Waals surface area contributed by atoms with Gasteiger partial charge < -0.3 is 10.2 Å². The van der Waals surface area contributed by atoms with Gasteiger partial charge in [0, 0.05) is 26.7 Å². The summed E-state index contributed by atoms with van der Waals surface area (Å²) in [5, 5.41) is 11.0. The van der Waals surface area contributed by atoms with E-state index in [9.17, 15) is 9.59 Å². The van der Waals surface area contributed by atoms with Gasteiger partial charge in [0.1, 0.15) is 11.4 Å². The molecule has 2 unspecified atom stereocenters. The number of carbonyl (C=O) groups excluding carboxylic acids is 2. The van der Waals surface area contributed by atoms with Gasteiger partial charge in [0.15, 0.2) is 11.0 Å². The molecule has 3 aromatic rings. The molecule has 1 fully saturated rings. The fourth-order valence-corrected chi connectivity index (χ4v) is 4.95. The first-order valence-electron chi connectivity index (χ1n) is 9.36. The van der Waals surface area contributed by atoms with Crippen LogP contribution in [0, 0.1) is 11.7 Å². The molecular formula is C19H20ClN7O2S2. The van der Waals surface area contributed by atoms with E-state index in [1.807, 2.05) is 43.3 Å². The van der Waals surface area contributed by atoms with Crippen LogP contribution in [0.4, 0.5) is 10.8 Å². The number of alkyl halides is 1. The highest BCUT2D eigenvalue weighted by atomic mass is 35.5. The largest absolute Gasteiger partial charge is 0.378 e. The number of nitrogens with zero attached hydrogens (tertiary/aromatic N) is 5. The number of benzene rings is 1. The molecule has 1 saturated heterocycles. The average molecular weight is 478 g/mol. The molecule has 2 amide bonds. The van der Waals surface area contributed by atoms with Crippen LogP contribution in [0.2, 0.25) is 0 Å². The quantitative estimate of drug-likeness (QED) is 0.332. The number of nitrogens with one attached hydrogen (secondary N) is 2. The van der Waals surface area contributed by atoms with E-state index in [0.29, 0.717) is 21.5 Å². The zero-order chi connectivity index (χ0) is 22.4. The van der Waals surface area contributed by atoms with Crippen LogP contribution in [0.1, 0.15) is 24.2 Å². The molecule has 31 heavy (non-hydrogen) atoms. The second kappa shape index (κ2) is 8.06. The van der Waals surface area contributed by atoms with Gasteiger partial charge in [-0.2, -0.15) is 5.10 Å². The van der Waals surface area contributed by atoms with Gasteiger partial charge in [0.25, 0.3) is 5.91 Å². The molecule has 1 aromatic carbocycles. The van der Waals surface area contributed by atoms with E-state index in [2.05, 4.69) is 20.5 Å². The van der Waals surface area contributed by atoms with Crippen LogP contribution in [0.15, 0.2) is 24.3 Å². The molecule has 3 heterocycles. The van der Waals surface area contributed by atoms with E-state index in [0.717, 1.165) is 11.3 Å². The van der Waals surface area contributed by atoms with Crippen molar-refractivity contribution in [2.24, 2.45) is 0 Å². The van der Waals surface area contributed by atoms with E-state index < -0.39 is 11.4 Å². The Bertz CT molecular complexity index is 1210. The number of amides is 2. The van der Waals surface area contributed by atoms with Gasteiger partial charge in [-0.3, -0.25) is 9.59 Å². The minimum absolute atomic E-state index is 0.219. The highest BCUT2D eigenvalue weighted by Crippen LogP contribution is 2.40. The number of thiazole rings is 1. The lowest BCUT2D eigenvalue weighted by molar-refractivity contribution is -0.126. The Labute approximate surface area is 192 Å². The third-order valence-corrected chi connectivity index (χ3v) is 6.66. The molecule has 0 saturated carbocycles. The van der Waals surface area contributed by atoms with Crippen LogP contribution >= 0.6 is 35.2 Å². The van der Waals surface area contributed by atoms with Crippen LogP contribution in [-0.2, 0) is 9.59 Å². The second-order valence-corrected chi connectivity index (χ2v) is 9.15. The van der Waals surface area contributed by atoms with E-state index >= 15 is 0 Å². The first-order valence-corrected chi connectivity index (χ1v) is 11.0. The smallest absolute Gasteiger partial charge is 0.262 e. The Morgan fingerprint density at radius 2 is 2.00 bits per heavy atom. The fourth-order valence-electron chi connectivity index (χ4n) is 3.39. The second-order valence-electron chi connectivity index (χ2n) is 7.29. The summed E-state index contributed by atoms with van der Waals surface area (Å²) >= 11 is 13.1. The number of aryl methyl sites for hydroxylation is 1. The van der Waals surface area contributed by atoms with Crippen molar-refractivity contribution >= 4 is 57.8 Å². The SMILES string of the molecule is CC(=O)Nc1nc(C)c(-c2n[nH]c(=S)n2N2C(=O)C(Cl)C2c2ccc(N(C)C)cc2)s1. The van der Waals surface area contributed by atoms with Gasteiger partial charge >= 0.3 is 0 Å². The van der Waals surface area contributed by atoms with Gasteiger partial charge in [-0.15, -0.1) is 11.6 Å². The topological polar surface area (TPSA) is 99.1 Å². The number of H-pyrrole nitrogens is 1. The summed E-state index contributed by atoms with van der Waals surface area (Å²) in [6.07, 6.45) is 0. The van der Waals surface area contributed by atoms with Crippen molar-refractivity contribution in [3.8, 4) is 10.7 Å². The number of rotatable bonds is 5. The molecule has 0 spiro atoms. The molecule has 1 aliphatic heterocycles. The maximum absolute atomic E-state index is 12.8. The standard InChI is InChI=1S/C19H20ClN7O2S2/c1-9-15(31-18(21-9)22-10(2)28)16-23-24-19(30)27(16)26-14(13(20)17(26)29)11-5-7-12(8-6-11)25(3)4/h5-8,13-14H,1-4H3,(H,24,30)(H,21,22,28). The van der Waals surface area contributed by atoms with Crippen LogP contribution in [0.5, 0.6) is 0 Å². The molecule has 2 atom stereocenters. The monoisotopic (exact) mass is 477 g/mol. The van der Waals surface area contributed by atoms with Gasteiger partial charge in [0.2, 0.25) is 10.7 Å². The lowest BCUT2D eigenvalue weighted by Crippen LogP contribution is -2.62. The van der Waals surface area contributed by atoms with Gasteiger partial charge in [-0.1, -0.05) is 23.5 Å². The molecule has 1 aliphatic rings. The number of aromatic nitrogens is 4. The number of anilines is 2. The van der Waals surface area contributed by atoms with Crippen molar-refractivity contribution < 1.29 is 9.59 Å². The number of aromatic amines is 1. The Morgan fingerprint density at radius 1 is 1.32 bits per heavy atom. The van der Waals surface area contributed by atoms with E-state index in [-0.39, 0.29) is 16.6 Å². The molecule has 0 radical (unpaired) electrons. The maximum atomic E-state index is 12.8. The predicted molar refractivity (Wildman–Crippen MR) is 124 cm³/mol. The number of hydrogen-bond acceptors (Lipinski definition) is 7. The normalized spacial score (nSPS) is 18.1. The summed E-state index contributed by atoms with van der Waals surface area (Å²) in [5.74, 6) is -0.0573. The molecule has 4 rings (SSSR count). The molecule has 0 aliphatic carbocycles. The Balaban J connectivity index is 1.75. The van der Waals surface area contributed by atoms with Crippen LogP contribution in [-0.4, -0.2) is 51.1 Å².